The van der Waals surface area contributed by atoms with Crippen molar-refractivity contribution < 1.29 is 9.47 Å². The summed E-state index contributed by atoms with van der Waals surface area (Å²) < 4.78 is 12.3. The van der Waals surface area contributed by atoms with E-state index in [1.54, 1.807) is 11.8 Å². The van der Waals surface area contributed by atoms with Gasteiger partial charge in [0.2, 0.25) is 0 Å². The van der Waals surface area contributed by atoms with Gasteiger partial charge in [0, 0.05) is 26.2 Å². The lowest BCUT2D eigenvalue weighted by Gasteiger charge is -2.43. The number of hydrogen-bond acceptors (Lipinski definition) is 5. The SMILES string of the molecule is C=C(SC(C)(OCCOCCCC)[C@]1(C)Sc2ccc(C(C)(CC)CC)cc2C1=C)c1ccc(CC)s1. The van der Waals surface area contributed by atoms with Gasteiger partial charge >= 0.3 is 0 Å². The molecule has 0 spiro atoms. The van der Waals surface area contributed by atoms with Gasteiger partial charge in [-0.2, -0.15) is 0 Å². The summed E-state index contributed by atoms with van der Waals surface area (Å²) in [6, 6.07) is 11.4. The zero-order chi connectivity index (χ0) is 27.3. The van der Waals surface area contributed by atoms with E-state index in [0.29, 0.717) is 13.2 Å². The predicted octanol–water partition coefficient (Wildman–Crippen LogP) is 10.2. The second-order valence-electron chi connectivity index (χ2n) is 10.5. The highest BCUT2D eigenvalue weighted by Crippen LogP contribution is 2.62. The van der Waals surface area contributed by atoms with E-state index in [0.717, 1.165) is 49.2 Å². The number of thiophene rings is 1. The van der Waals surface area contributed by atoms with Gasteiger partial charge in [-0.25, -0.2) is 0 Å². The summed E-state index contributed by atoms with van der Waals surface area (Å²) in [5, 5.41) is 0. The van der Waals surface area contributed by atoms with Crippen LogP contribution in [0.3, 0.4) is 0 Å². The van der Waals surface area contributed by atoms with E-state index in [4.69, 9.17) is 9.47 Å². The van der Waals surface area contributed by atoms with Crippen LogP contribution in [0.25, 0.3) is 10.5 Å². The van der Waals surface area contributed by atoms with Gasteiger partial charge in [0.05, 0.1) is 18.0 Å². The Morgan fingerprint density at radius 2 is 1.76 bits per heavy atom. The van der Waals surface area contributed by atoms with Crippen LogP contribution >= 0.6 is 34.9 Å². The first-order chi connectivity index (χ1) is 17.6. The molecule has 0 saturated heterocycles. The van der Waals surface area contributed by atoms with Gasteiger partial charge in [0.15, 0.2) is 0 Å². The third-order valence-corrected chi connectivity index (χ3v) is 12.7. The summed E-state index contributed by atoms with van der Waals surface area (Å²) in [6.45, 7) is 26.9. The van der Waals surface area contributed by atoms with Crippen molar-refractivity contribution in [1.29, 1.82) is 0 Å². The van der Waals surface area contributed by atoms with Crippen molar-refractivity contribution >= 4 is 45.3 Å². The Balaban J connectivity index is 1.91. The van der Waals surface area contributed by atoms with E-state index < -0.39 is 4.93 Å². The van der Waals surface area contributed by atoms with Crippen LogP contribution in [0.15, 0.2) is 48.4 Å². The Bertz CT molecular complexity index is 1080. The first-order valence-corrected chi connectivity index (χ1v) is 16.2. The monoisotopic (exact) mass is 558 g/mol. The Morgan fingerprint density at radius 1 is 1.03 bits per heavy atom. The smallest absolute Gasteiger partial charge is 0.134 e. The van der Waals surface area contributed by atoms with Crippen molar-refractivity contribution in [2.75, 3.05) is 19.8 Å². The number of ether oxygens (including phenoxy) is 2. The average molecular weight is 559 g/mol. The normalized spacial score (nSPS) is 19.2. The van der Waals surface area contributed by atoms with Gasteiger partial charge in [-0.3, -0.25) is 0 Å². The molecule has 2 atom stereocenters. The largest absolute Gasteiger partial charge is 0.379 e. The van der Waals surface area contributed by atoms with Crippen LogP contribution in [0.2, 0.25) is 0 Å². The molecule has 3 rings (SSSR count). The number of fused-ring (bicyclic) bond motifs is 1. The molecule has 0 aliphatic carbocycles. The predicted molar refractivity (Wildman–Crippen MR) is 168 cm³/mol. The average Bonchev–Trinajstić information content (AvgIpc) is 3.49. The van der Waals surface area contributed by atoms with Crippen LogP contribution in [-0.2, 0) is 21.3 Å². The van der Waals surface area contributed by atoms with Crippen LogP contribution in [0.1, 0.15) is 95.0 Å². The van der Waals surface area contributed by atoms with Crippen molar-refractivity contribution in [1.82, 2.24) is 0 Å². The van der Waals surface area contributed by atoms with Crippen molar-refractivity contribution in [3.8, 4) is 0 Å². The second-order valence-corrected chi connectivity index (χ2v) is 14.6. The molecule has 0 fully saturated rings. The lowest BCUT2D eigenvalue weighted by Crippen LogP contribution is -2.46. The number of aryl methyl sites for hydroxylation is 1. The van der Waals surface area contributed by atoms with E-state index in [1.807, 2.05) is 23.1 Å². The van der Waals surface area contributed by atoms with Crippen molar-refractivity contribution in [2.24, 2.45) is 0 Å². The number of unbranched alkanes of at least 4 members (excludes halogenated alkanes) is 1. The molecule has 1 aliphatic heterocycles. The molecule has 2 heterocycles. The molecule has 204 valence electrons. The lowest BCUT2D eigenvalue weighted by atomic mass is 9.76. The molecule has 37 heavy (non-hydrogen) atoms. The molecule has 0 N–H and O–H groups in total. The van der Waals surface area contributed by atoms with E-state index >= 15 is 0 Å². The van der Waals surface area contributed by atoms with Gasteiger partial charge in [-0.1, -0.05) is 72.0 Å². The highest BCUT2D eigenvalue weighted by molar-refractivity contribution is 8.11. The number of rotatable bonds is 15. The maximum Gasteiger partial charge on any atom is 0.134 e. The van der Waals surface area contributed by atoms with Crippen molar-refractivity contribution in [3.63, 3.8) is 0 Å². The third-order valence-electron chi connectivity index (χ3n) is 8.17. The van der Waals surface area contributed by atoms with Crippen molar-refractivity contribution in [2.45, 2.75) is 101 Å². The zero-order valence-electron chi connectivity index (χ0n) is 24.0. The van der Waals surface area contributed by atoms with Crippen LogP contribution in [-0.4, -0.2) is 29.5 Å². The molecule has 0 amide bonds. The van der Waals surface area contributed by atoms with E-state index in [2.05, 4.69) is 92.0 Å². The number of thioether (sulfide) groups is 2. The molecular formula is C32H46O2S3. The minimum absolute atomic E-state index is 0.174. The first-order valence-electron chi connectivity index (χ1n) is 13.8. The maximum absolute atomic E-state index is 6.76. The van der Waals surface area contributed by atoms with Gasteiger partial charge in [-0.15, -0.1) is 23.1 Å². The van der Waals surface area contributed by atoms with Gasteiger partial charge in [-0.05, 0) is 85.9 Å². The van der Waals surface area contributed by atoms with Gasteiger partial charge in [0.25, 0.3) is 0 Å². The number of hydrogen-bond donors (Lipinski definition) is 0. The molecule has 1 aromatic carbocycles. The third kappa shape index (κ3) is 6.44. The minimum atomic E-state index is -0.575. The van der Waals surface area contributed by atoms with Gasteiger partial charge in [0.1, 0.15) is 4.93 Å². The fraction of sp³-hybridized carbons (Fsp3) is 0.562. The summed E-state index contributed by atoms with van der Waals surface area (Å²) in [5.41, 5.74) is 3.98. The molecule has 2 nitrogen and oxygen atoms in total. The highest BCUT2D eigenvalue weighted by atomic mass is 32.2. The lowest BCUT2D eigenvalue weighted by molar-refractivity contribution is -0.0120. The molecule has 2 aromatic rings. The molecule has 1 unspecified atom stereocenters. The molecular weight excluding hydrogens is 513 g/mol. The van der Waals surface area contributed by atoms with Gasteiger partial charge < -0.3 is 9.47 Å². The highest BCUT2D eigenvalue weighted by Gasteiger charge is 2.54. The minimum Gasteiger partial charge on any atom is -0.379 e. The van der Waals surface area contributed by atoms with E-state index in [1.165, 1.54) is 25.8 Å². The fourth-order valence-corrected chi connectivity index (χ4v) is 8.46. The van der Waals surface area contributed by atoms with E-state index in [-0.39, 0.29) is 10.2 Å². The molecule has 0 radical (unpaired) electrons. The van der Waals surface area contributed by atoms with Crippen LogP contribution in [0, 0.1) is 0 Å². The maximum atomic E-state index is 6.76. The molecule has 0 saturated carbocycles. The fourth-order valence-electron chi connectivity index (χ4n) is 4.71. The van der Waals surface area contributed by atoms with Crippen molar-refractivity contribution in [3.05, 3.63) is 64.4 Å². The van der Waals surface area contributed by atoms with Crippen LogP contribution in [0.4, 0.5) is 0 Å². The molecule has 1 aliphatic rings. The molecule has 5 heteroatoms. The Hall–Kier alpha value is -0.980. The standard InChI is InChI=1S/C32H46O2S3/c1-10-14-19-33-20-21-34-32(9,36-24(6)28-18-16-26(11-2)35-28)31(8)23(5)27-22-25(15-17-29(27)37-31)30(7,12-3)13-4/h15-18,22H,5-6,10-14,19-21H2,1-4,7-9H3/t31-,32?/m1/s1. The van der Waals surface area contributed by atoms with E-state index in [9.17, 15) is 0 Å². The van der Waals surface area contributed by atoms with Crippen LogP contribution in [0.5, 0.6) is 0 Å². The van der Waals surface area contributed by atoms with Crippen LogP contribution < -0.4 is 0 Å². The number of benzene rings is 1. The summed E-state index contributed by atoms with van der Waals surface area (Å²) in [7, 11) is 0. The first kappa shape index (κ1) is 30.6. The summed E-state index contributed by atoms with van der Waals surface area (Å²) >= 11 is 5.45. The molecule has 0 bridgehead atoms. The Morgan fingerprint density at radius 3 is 2.38 bits per heavy atom. The quantitative estimate of drug-likeness (QED) is 0.160. The summed E-state index contributed by atoms with van der Waals surface area (Å²) in [6.07, 6.45) is 5.50. The second kappa shape index (κ2) is 12.9. The zero-order valence-corrected chi connectivity index (χ0v) is 26.4. The Labute approximate surface area is 238 Å². The Kier molecular flexibility index (Phi) is 10.7. The summed E-state index contributed by atoms with van der Waals surface area (Å²) in [4.78, 5) is 4.36. The topological polar surface area (TPSA) is 18.5 Å². The summed E-state index contributed by atoms with van der Waals surface area (Å²) in [5.74, 6) is 0. The molecule has 1 aromatic heterocycles.